The lowest BCUT2D eigenvalue weighted by molar-refractivity contribution is -0.123. The summed E-state index contributed by atoms with van der Waals surface area (Å²) in [5, 5.41) is 2.86. The SMILES string of the molecule is CCCC(C(=O)NC(C)CCS(C)=O)C(N)=S. The molecule has 100 valence electrons. The van der Waals surface area contributed by atoms with Gasteiger partial charge in [0.05, 0.1) is 10.9 Å². The van der Waals surface area contributed by atoms with Crippen molar-refractivity contribution in [1.82, 2.24) is 5.32 Å². The second-order valence-electron chi connectivity index (χ2n) is 4.22. The first-order chi connectivity index (χ1) is 7.88. The van der Waals surface area contributed by atoms with Gasteiger partial charge in [0, 0.05) is 28.9 Å². The third kappa shape index (κ3) is 7.44. The van der Waals surface area contributed by atoms with Gasteiger partial charge in [-0.2, -0.15) is 0 Å². The highest BCUT2D eigenvalue weighted by Gasteiger charge is 2.21. The van der Waals surface area contributed by atoms with Crippen molar-refractivity contribution in [2.24, 2.45) is 11.7 Å². The summed E-state index contributed by atoms with van der Waals surface area (Å²) in [4.78, 5) is 12.1. The Kier molecular flexibility index (Phi) is 8.33. The van der Waals surface area contributed by atoms with Gasteiger partial charge in [-0.1, -0.05) is 25.6 Å². The Balaban J connectivity index is 4.20. The molecule has 1 amide bonds. The van der Waals surface area contributed by atoms with Crippen molar-refractivity contribution in [2.75, 3.05) is 12.0 Å². The van der Waals surface area contributed by atoms with Gasteiger partial charge in [0.2, 0.25) is 5.91 Å². The summed E-state index contributed by atoms with van der Waals surface area (Å²) in [5.74, 6) is 0.0887. The molecule has 3 atom stereocenters. The second kappa shape index (κ2) is 8.58. The highest BCUT2D eigenvalue weighted by Crippen LogP contribution is 2.08. The molecular weight excluding hydrogens is 256 g/mol. The highest BCUT2D eigenvalue weighted by molar-refractivity contribution is 7.84. The summed E-state index contributed by atoms with van der Waals surface area (Å²) < 4.78 is 10.9. The van der Waals surface area contributed by atoms with Crippen molar-refractivity contribution in [3.05, 3.63) is 0 Å². The summed E-state index contributed by atoms with van der Waals surface area (Å²) in [5.41, 5.74) is 5.54. The van der Waals surface area contributed by atoms with Crippen LogP contribution in [0.4, 0.5) is 0 Å². The van der Waals surface area contributed by atoms with Gasteiger partial charge in [-0.15, -0.1) is 0 Å². The van der Waals surface area contributed by atoms with Crippen molar-refractivity contribution in [3.63, 3.8) is 0 Å². The molecule has 0 bridgehead atoms. The van der Waals surface area contributed by atoms with Crippen molar-refractivity contribution in [2.45, 2.75) is 39.2 Å². The number of thiocarbonyl (C=S) groups is 1. The molecule has 0 aliphatic heterocycles. The first-order valence-corrected chi connectivity index (χ1v) is 7.91. The predicted octanol–water partition coefficient (Wildman–Crippen LogP) is 0.962. The number of nitrogens with two attached hydrogens (primary N) is 1. The Labute approximate surface area is 111 Å². The number of carbonyl (C=O) groups excluding carboxylic acids is 1. The average molecular weight is 278 g/mol. The molecule has 0 heterocycles. The topological polar surface area (TPSA) is 72.2 Å². The van der Waals surface area contributed by atoms with Gasteiger partial charge in [-0.05, 0) is 19.8 Å². The van der Waals surface area contributed by atoms with Crippen LogP contribution in [0, 0.1) is 5.92 Å². The minimum atomic E-state index is -0.826. The Bertz CT molecular complexity index is 295. The number of rotatable bonds is 8. The zero-order valence-electron chi connectivity index (χ0n) is 10.7. The van der Waals surface area contributed by atoms with Gasteiger partial charge in [-0.25, -0.2) is 0 Å². The molecule has 4 nitrogen and oxygen atoms in total. The lowest BCUT2D eigenvalue weighted by Gasteiger charge is -2.18. The van der Waals surface area contributed by atoms with Crippen LogP contribution in [0.15, 0.2) is 0 Å². The van der Waals surface area contributed by atoms with Crippen LogP contribution in [0.2, 0.25) is 0 Å². The minimum Gasteiger partial charge on any atom is -0.393 e. The van der Waals surface area contributed by atoms with Crippen LogP contribution in [0.3, 0.4) is 0 Å². The molecule has 0 aliphatic rings. The molecule has 0 fully saturated rings. The maximum atomic E-state index is 11.9. The number of carbonyl (C=O) groups is 1. The molecule has 0 saturated heterocycles. The molecule has 3 N–H and O–H groups in total. The van der Waals surface area contributed by atoms with Crippen LogP contribution >= 0.6 is 12.2 Å². The molecule has 0 aromatic heterocycles. The van der Waals surface area contributed by atoms with E-state index in [9.17, 15) is 9.00 Å². The monoisotopic (exact) mass is 278 g/mol. The number of nitrogens with one attached hydrogen (secondary N) is 1. The van der Waals surface area contributed by atoms with E-state index in [1.165, 1.54) is 0 Å². The van der Waals surface area contributed by atoms with Crippen molar-refractivity contribution in [3.8, 4) is 0 Å². The molecule has 3 unspecified atom stereocenters. The van der Waals surface area contributed by atoms with Crippen molar-refractivity contribution in [1.29, 1.82) is 0 Å². The fourth-order valence-corrected chi connectivity index (χ4v) is 2.36. The molecule has 0 saturated carbocycles. The normalized spacial score (nSPS) is 15.9. The standard InChI is InChI=1S/C11H22N2O2S2/c1-4-5-9(10(12)16)11(14)13-8(2)6-7-17(3)15/h8-9H,4-7H2,1-3H3,(H2,12,16)(H,13,14). The Morgan fingerprint density at radius 3 is 2.47 bits per heavy atom. The lowest BCUT2D eigenvalue weighted by atomic mass is 10.0. The van der Waals surface area contributed by atoms with Gasteiger partial charge in [0.25, 0.3) is 0 Å². The third-order valence-electron chi connectivity index (χ3n) is 2.46. The minimum absolute atomic E-state index is 0.0000983. The number of hydrogen-bond donors (Lipinski definition) is 2. The van der Waals surface area contributed by atoms with Gasteiger partial charge in [-0.3, -0.25) is 9.00 Å². The van der Waals surface area contributed by atoms with E-state index in [0.717, 1.165) is 6.42 Å². The summed E-state index contributed by atoms with van der Waals surface area (Å²) in [6.45, 7) is 3.88. The molecule has 0 aromatic carbocycles. The van der Waals surface area contributed by atoms with E-state index in [1.54, 1.807) is 6.26 Å². The van der Waals surface area contributed by atoms with Crippen LogP contribution in [-0.2, 0) is 15.6 Å². The number of hydrogen-bond acceptors (Lipinski definition) is 3. The largest absolute Gasteiger partial charge is 0.393 e. The summed E-state index contributed by atoms with van der Waals surface area (Å²) in [6.07, 6.45) is 3.89. The van der Waals surface area contributed by atoms with Gasteiger partial charge in [0.15, 0.2) is 0 Å². The maximum absolute atomic E-state index is 11.9. The van der Waals surface area contributed by atoms with E-state index in [1.807, 2.05) is 13.8 Å². The molecule has 0 aliphatic carbocycles. The van der Waals surface area contributed by atoms with Crippen molar-refractivity contribution >= 4 is 33.9 Å². The molecule has 0 radical (unpaired) electrons. The van der Waals surface area contributed by atoms with Crippen LogP contribution in [-0.4, -0.2) is 33.2 Å². The van der Waals surface area contributed by atoms with Crippen LogP contribution < -0.4 is 11.1 Å². The lowest BCUT2D eigenvalue weighted by Crippen LogP contribution is -2.42. The smallest absolute Gasteiger partial charge is 0.230 e. The first kappa shape index (κ1) is 16.5. The molecular formula is C11H22N2O2S2. The fourth-order valence-electron chi connectivity index (χ4n) is 1.45. The first-order valence-electron chi connectivity index (χ1n) is 5.78. The highest BCUT2D eigenvalue weighted by atomic mass is 32.2. The Morgan fingerprint density at radius 2 is 2.06 bits per heavy atom. The molecule has 0 spiro atoms. The molecule has 0 aromatic rings. The predicted molar refractivity (Wildman–Crippen MR) is 76.3 cm³/mol. The van der Waals surface area contributed by atoms with Gasteiger partial charge < -0.3 is 11.1 Å². The Hall–Kier alpha value is -0.490. The molecule has 0 rings (SSSR count). The third-order valence-corrected chi connectivity index (χ3v) is 3.56. The number of amides is 1. The summed E-state index contributed by atoms with van der Waals surface area (Å²) in [6, 6.07) is 0.0000983. The van der Waals surface area contributed by atoms with E-state index < -0.39 is 10.8 Å². The van der Waals surface area contributed by atoms with Crippen molar-refractivity contribution < 1.29 is 9.00 Å². The van der Waals surface area contributed by atoms with E-state index in [2.05, 4.69) is 5.32 Å². The van der Waals surface area contributed by atoms with E-state index >= 15 is 0 Å². The molecule has 17 heavy (non-hydrogen) atoms. The van der Waals surface area contributed by atoms with Crippen LogP contribution in [0.25, 0.3) is 0 Å². The summed E-state index contributed by atoms with van der Waals surface area (Å²) in [7, 11) is -0.826. The zero-order valence-corrected chi connectivity index (χ0v) is 12.3. The van der Waals surface area contributed by atoms with Gasteiger partial charge in [0.1, 0.15) is 0 Å². The second-order valence-corrected chi connectivity index (χ2v) is 6.25. The van der Waals surface area contributed by atoms with E-state index in [0.29, 0.717) is 18.6 Å². The fraction of sp³-hybridized carbons (Fsp3) is 0.818. The Morgan fingerprint density at radius 1 is 1.47 bits per heavy atom. The summed E-state index contributed by atoms with van der Waals surface area (Å²) >= 11 is 4.89. The van der Waals surface area contributed by atoms with Crippen LogP contribution in [0.5, 0.6) is 0 Å². The van der Waals surface area contributed by atoms with E-state index in [-0.39, 0.29) is 22.9 Å². The zero-order chi connectivity index (χ0) is 13.4. The average Bonchev–Trinajstić information content (AvgIpc) is 2.22. The van der Waals surface area contributed by atoms with Gasteiger partial charge >= 0.3 is 0 Å². The molecule has 6 heteroatoms. The van der Waals surface area contributed by atoms with Crippen LogP contribution in [0.1, 0.15) is 33.1 Å². The quantitative estimate of drug-likeness (QED) is 0.649. The maximum Gasteiger partial charge on any atom is 0.230 e. The van der Waals surface area contributed by atoms with E-state index in [4.69, 9.17) is 18.0 Å².